The largest absolute Gasteiger partial charge is 0.328 e. The Morgan fingerprint density at radius 1 is 1.56 bits per heavy atom. The van der Waals surface area contributed by atoms with Crippen molar-refractivity contribution in [2.75, 3.05) is 6.54 Å². The Labute approximate surface area is 112 Å². The minimum Gasteiger partial charge on any atom is -0.328 e. The molecule has 0 aliphatic heterocycles. The van der Waals surface area contributed by atoms with Crippen LogP contribution in [0.2, 0.25) is 5.02 Å². The first-order valence-corrected chi connectivity index (χ1v) is 7.18. The standard InChI is InChI=1S/C11H14ClN3O2S/c1-8(14)4-5-15-18(16,17)10-3-2-9(7-13)11(12)6-10/h2-3,6,8,15H,4-5,14H2,1H3. The zero-order chi connectivity index (χ0) is 13.8. The van der Waals surface area contributed by atoms with Gasteiger partial charge in [-0.25, -0.2) is 13.1 Å². The van der Waals surface area contributed by atoms with E-state index >= 15 is 0 Å². The van der Waals surface area contributed by atoms with E-state index < -0.39 is 10.0 Å². The lowest BCUT2D eigenvalue weighted by molar-refractivity contribution is 0.572. The van der Waals surface area contributed by atoms with Crippen LogP contribution in [0.1, 0.15) is 18.9 Å². The molecule has 1 aromatic rings. The van der Waals surface area contributed by atoms with Gasteiger partial charge in [-0.05, 0) is 31.5 Å². The second-order valence-electron chi connectivity index (χ2n) is 3.92. The van der Waals surface area contributed by atoms with E-state index in [1.165, 1.54) is 18.2 Å². The molecule has 98 valence electrons. The molecule has 0 aromatic heterocycles. The van der Waals surface area contributed by atoms with Crippen molar-refractivity contribution in [1.82, 2.24) is 4.72 Å². The number of halogens is 1. The van der Waals surface area contributed by atoms with Crippen LogP contribution >= 0.6 is 11.6 Å². The molecule has 0 amide bonds. The van der Waals surface area contributed by atoms with E-state index in [4.69, 9.17) is 22.6 Å². The van der Waals surface area contributed by atoms with Gasteiger partial charge in [-0.3, -0.25) is 0 Å². The highest BCUT2D eigenvalue weighted by Gasteiger charge is 2.15. The van der Waals surface area contributed by atoms with Crippen molar-refractivity contribution in [2.24, 2.45) is 5.73 Å². The Morgan fingerprint density at radius 2 is 2.22 bits per heavy atom. The van der Waals surface area contributed by atoms with Gasteiger partial charge in [0.05, 0.1) is 15.5 Å². The molecule has 18 heavy (non-hydrogen) atoms. The zero-order valence-corrected chi connectivity index (χ0v) is 11.4. The van der Waals surface area contributed by atoms with E-state index in [0.717, 1.165) is 0 Å². The lowest BCUT2D eigenvalue weighted by Crippen LogP contribution is -2.29. The Bertz CT molecular complexity index is 564. The molecular weight excluding hydrogens is 274 g/mol. The van der Waals surface area contributed by atoms with E-state index in [-0.39, 0.29) is 28.1 Å². The van der Waals surface area contributed by atoms with Gasteiger partial charge in [-0.1, -0.05) is 11.6 Å². The summed E-state index contributed by atoms with van der Waals surface area (Å²) in [5.74, 6) is 0. The zero-order valence-electron chi connectivity index (χ0n) is 9.85. The van der Waals surface area contributed by atoms with Crippen LogP contribution in [-0.4, -0.2) is 21.0 Å². The van der Waals surface area contributed by atoms with Crippen LogP contribution in [0.5, 0.6) is 0 Å². The minimum atomic E-state index is -3.60. The number of nitrogens with one attached hydrogen (secondary N) is 1. The highest BCUT2D eigenvalue weighted by Crippen LogP contribution is 2.19. The van der Waals surface area contributed by atoms with Gasteiger partial charge in [-0.2, -0.15) is 5.26 Å². The van der Waals surface area contributed by atoms with Crippen molar-refractivity contribution in [3.63, 3.8) is 0 Å². The summed E-state index contributed by atoms with van der Waals surface area (Å²) in [7, 11) is -3.60. The molecule has 1 aromatic carbocycles. The Morgan fingerprint density at radius 3 is 2.72 bits per heavy atom. The molecule has 1 rings (SSSR count). The normalized spacial score (nSPS) is 13.0. The second kappa shape index (κ2) is 6.16. The summed E-state index contributed by atoms with van der Waals surface area (Å²) in [4.78, 5) is 0.0381. The predicted octanol–water partition coefficient (Wildman–Crippen LogP) is 1.23. The SMILES string of the molecule is CC(N)CCNS(=O)(=O)c1ccc(C#N)c(Cl)c1. The van der Waals surface area contributed by atoms with E-state index in [1.54, 1.807) is 6.92 Å². The molecule has 0 aliphatic carbocycles. The van der Waals surface area contributed by atoms with Crippen LogP contribution in [0.15, 0.2) is 23.1 Å². The van der Waals surface area contributed by atoms with Crippen LogP contribution < -0.4 is 10.5 Å². The number of nitrogens with two attached hydrogens (primary N) is 1. The molecule has 1 unspecified atom stereocenters. The monoisotopic (exact) mass is 287 g/mol. The Balaban J connectivity index is 2.86. The van der Waals surface area contributed by atoms with Crippen LogP contribution in [0.4, 0.5) is 0 Å². The van der Waals surface area contributed by atoms with E-state index in [0.29, 0.717) is 6.42 Å². The molecule has 7 heteroatoms. The molecule has 1 atom stereocenters. The van der Waals surface area contributed by atoms with Crippen molar-refractivity contribution in [3.05, 3.63) is 28.8 Å². The third-order valence-corrected chi connectivity index (χ3v) is 4.03. The number of benzene rings is 1. The first-order valence-electron chi connectivity index (χ1n) is 5.31. The van der Waals surface area contributed by atoms with Gasteiger partial charge in [0.1, 0.15) is 6.07 Å². The van der Waals surface area contributed by atoms with Crippen LogP contribution in [0.3, 0.4) is 0 Å². The molecule has 0 bridgehead atoms. The molecule has 0 heterocycles. The fourth-order valence-electron chi connectivity index (χ4n) is 1.26. The molecule has 0 saturated heterocycles. The van der Waals surface area contributed by atoms with Crippen LogP contribution in [0.25, 0.3) is 0 Å². The first-order chi connectivity index (χ1) is 8.36. The number of nitrogens with zero attached hydrogens (tertiary/aromatic N) is 1. The first kappa shape index (κ1) is 14.9. The van der Waals surface area contributed by atoms with Crippen molar-refractivity contribution in [2.45, 2.75) is 24.3 Å². The lowest BCUT2D eigenvalue weighted by atomic mass is 10.2. The highest BCUT2D eigenvalue weighted by molar-refractivity contribution is 7.89. The van der Waals surface area contributed by atoms with Crippen LogP contribution in [0, 0.1) is 11.3 Å². The fraction of sp³-hybridized carbons (Fsp3) is 0.364. The van der Waals surface area contributed by atoms with E-state index in [2.05, 4.69) is 4.72 Å². The molecule has 0 spiro atoms. The summed E-state index contributed by atoms with van der Waals surface area (Å²) >= 11 is 5.79. The molecule has 0 fully saturated rings. The van der Waals surface area contributed by atoms with Gasteiger partial charge in [0.2, 0.25) is 10.0 Å². The third kappa shape index (κ3) is 3.96. The van der Waals surface area contributed by atoms with Crippen molar-refractivity contribution in [3.8, 4) is 6.07 Å². The number of sulfonamides is 1. The minimum absolute atomic E-state index is 0.0381. The summed E-state index contributed by atoms with van der Waals surface area (Å²) in [6.07, 6.45) is 0.545. The van der Waals surface area contributed by atoms with Gasteiger partial charge >= 0.3 is 0 Å². The molecule has 3 N–H and O–H groups in total. The number of rotatable bonds is 5. The maximum absolute atomic E-state index is 11.9. The molecule has 0 radical (unpaired) electrons. The maximum Gasteiger partial charge on any atom is 0.240 e. The van der Waals surface area contributed by atoms with Gasteiger partial charge < -0.3 is 5.73 Å². The summed E-state index contributed by atoms with van der Waals surface area (Å²) in [5.41, 5.74) is 5.77. The Kier molecular flexibility index (Phi) is 5.11. The number of hydrogen-bond donors (Lipinski definition) is 2. The van der Waals surface area contributed by atoms with Crippen molar-refractivity contribution < 1.29 is 8.42 Å². The number of nitriles is 1. The van der Waals surface area contributed by atoms with Gasteiger partial charge in [-0.15, -0.1) is 0 Å². The molecule has 5 nitrogen and oxygen atoms in total. The van der Waals surface area contributed by atoms with E-state index in [1.807, 2.05) is 6.07 Å². The molecule has 0 saturated carbocycles. The van der Waals surface area contributed by atoms with Gasteiger partial charge in [0.25, 0.3) is 0 Å². The average molecular weight is 288 g/mol. The quantitative estimate of drug-likeness (QED) is 0.851. The van der Waals surface area contributed by atoms with Crippen LogP contribution in [-0.2, 0) is 10.0 Å². The lowest BCUT2D eigenvalue weighted by Gasteiger charge is -2.08. The van der Waals surface area contributed by atoms with Crippen molar-refractivity contribution >= 4 is 21.6 Å². The third-order valence-electron chi connectivity index (χ3n) is 2.26. The Hall–Kier alpha value is -1.13. The topological polar surface area (TPSA) is 96.0 Å². The smallest absolute Gasteiger partial charge is 0.240 e. The molecule has 0 aliphatic rings. The summed E-state index contributed by atoms with van der Waals surface area (Å²) in [6.45, 7) is 2.06. The fourth-order valence-corrected chi connectivity index (χ4v) is 2.62. The van der Waals surface area contributed by atoms with E-state index in [9.17, 15) is 8.42 Å². The highest BCUT2D eigenvalue weighted by atomic mass is 35.5. The summed E-state index contributed by atoms with van der Waals surface area (Å²) < 4.78 is 26.2. The number of hydrogen-bond acceptors (Lipinski definition) is 4. The maximum atomic E-state index is 11.9. The molecular formula is C11H14ClN3O2S. The second-order valence-corrected chi connectivity index (χ2v) is 6.09. The predicted molar refractivity (Wildman–Crippen MR) is 69.6 cm³/mol. The summed E-state index contributed by atoms with van der Waals surface area (Å²) in [5, 5.41) is 8.82. The average Bonchev–Trinajstić information content (AvgIpc) is 2.28. The summed E-state index contributed by atoms with van der Waals surface area (Å²) in [6, 6.07) is 5.78. The van der Waals surface area contributed by atoms with Gasteiger partial charge in [0, 0.05) is 12.6 Å². The van der Waals surface area contributed by atoms with Gasteiger partial charge in [0.15, 0.2) is 0 Å². The van der Waals surface area contributed by atoms with Crippen molar-refractivity contribution in [1.29, 1.82) is 5.26 Å².